The highest BCUT2D eigenvalue weighted by molar-refractivity contribution is 6.32. The molecule has 0 aliphatic carbocycles. The van der Waals surface area contributed by atoms with Gasteiger partial charge in [0.2, 0.25) is 0 Å². The van der Waals surface area contributed by atoms with Crippen LogP contribution in [0, 0.1) is 23.7 Å². The number of nitrogens with zero attached hydrogens (tertiary/aromatic N) is 1. The van der Waals surface area contributed by atoms with E-state index in [0.717, 1.165) is 5.56 Å². The molecule has 0 aliphatic heterocycles. The van der Waals surface area contributed by atoms with Crippen LogP contribution in [-0.4, -0.2) is 19.1 Å². The van der Waals surface area contributed by atoms with E-state index in [1.54, 1.807) is 12.1 Å². The molecular weight excluding hydrogens is 388 g/mol. The smallest absolute Gasteiger partial charge is 0.262 e. The Hall–Kier alpha value is -3.41. The van der Waals surface area contributed by atoms with Crippen LogP contribution < -0.4 is 14.8 Å². The first-order valence-electron chi connectivity index (χ1n) is 9.00. The summed E-state index contributed by atoms with van der Waals surface area (Å²) < 4.78 is 11.0. The molecule has 29 heavy (non-hydrogen) atoms. The van der Waals surface area contributed by atoms with Crippen molar-refractivity contribution in [1.29, 1.82) is 5.26 Å². The molecule has 0 aromatic heterocycles. The Balaban J connectivity index is 2.28. The highest BCUT2D eigenvalue weighted by atomic mass is 35.5. The van der Waals surface area contributed by atoms with Crippen molar-refractivity contribution in [3.05, 3.63) is 64.2 Å². The van der Waals surface area contributed by atoms with Gasteiger partial charge in [-0.3, -0.25) is 4.79 Å². The van der Waals surface area contributed by atoms with E-state index in [1.807, 2.05) is 50.2 Å². The number of halogens is 1. The van der Waals surface area contributed by atoms with Crippen LogP contribution in [0.25, 0.3) is 6.08 Å². The van der Waals surface area contributed by atoms with Crippen molar-refractivity contribution in [2.45, 2.75) is 19.9 Å². The van der Waals surface area contributed by atoms with Crippen molar-refractivity contribution in [3.8, 4) is 29.9 Å². The van der Waals surface area contributed by atoms with Crippen LogP contribution in [0.2, 0.25) is 5.02 Å². The van der Waals surface area contributed by atoms with Crippen LogP contribution in [0.3, 0.4) is 0 Å². The highest BCUT2D eigenvalue weighted by Gasteiger charge is 2.16. The number of rotatable bonds is 8. The molecule has 148 valence electrons. The summed E-state index contributed by atoms with van der Waals surface area (Å²) in [5.74, 6) is 2.60. The summed E-state index contributed by atoms with van der Waals surface area (Å²) >= 11 is 6.29. The topological polar surface area (TPSA) is 71.3 Å². The molecule has 5 nitrogen and oxygen atoms in total. The maximum atomic E-state index is 12.6. The average Bonchev–Trinajstić information content (AvgIpc) is 2.72. The van der Waals surface area contributed by atoms with Gasteiger partial charge in [0.15, 0.2) is 11.5 Å². The number of benzene rings is 2. The van der Waals surface area contributed by atoms with Crippen LogP contribution in [0.15, 0.2) is 48.0 Å². The number of nitriles is 1. The van der Waals surface area contributed by atoms with Gasteiger partial charge in [0.25, 0.3) is 5.91 Å². The third-order valence-electron chi connectivity index (χ3n) is 3.95. The number of hydrogen-bond donors (Lipinski definition) is 1. The quantitative estimate of drug-likeness (QED) is 0.395. The number of hydrogen-bond acceptors (Lipinski definition) is 4. The predicted molar refractivity (Wildman–Crippen MR) is 114 cm³/mol. The molecule has 1 unspecified atom stereocenters. The second-order valence-electron chi connectivity index (χ2n) is 6.03. The number of terminal acetylenes is 1. The number of ether oxygens (including phenoxy) is 2. The van der Waals surface area contributed by atoms with Crippen LogP contribution in [-0.2, 0) is 4.79 Å². The minimum Gasteiger partial charge on any atom is -0.490 e. The molecule has 0 saturated carbocycles. The zero-order valence-electron chi connectivity index (χ0n) is 16.2. The third-order valence-corrected chi connectivity index (χ3v) is 4.24. The Bertz CT molecular complexity index is 972. The van der Waals surface area contributed by atoms with E-state index in [1.165, 1.54) is 6.08 Å². The Kier molecular flexibility index (Phi) is 8.15. The second-order valence-corrected chi connectivity index (χ2v) is 6.44. The molecule has 0 aliphatic rings. The van der Waals surface area contributed by atoms with Gasteiger partial charge in [0.05, 0.1) is 17.7 Å². The number of nitrogens with one attached hydrogen (secondary N) is 1. The third kappa shape index (κ3) is 6.04. The van der Waals surface area contributed by atoms with E-state index in [-0.39, 0.29) is 23.2 Å². The summed E-state index contributed by atoms with van der Waals surface area (Å²) in [7, 11) is 0. The molecule has 6 heteroatoms. The summed E-state index contributed by atoms with van der Waals surface area (Å²) in [5, 5.41) is 12.6. The lowest BCUT2D eigenvalue weighted by molar-refractivity contribution is -0.117. The van der Waals surface area contributed by atoms with E-state index in [4.69, 9.17) is 27.5 Å². The summed E-state index contributed by atoms with van der Waals surface area (Å²) in [6.45, 7) is 4.10. The number of carbonyl (C=O) groups is 1. The average molecular weight is 409 g/mol. The normalized spacial score (nSPS) is 11.7. The molecule has 2 aromatic carbocycles. The Morgan fingerprint density at radius 2 is 2.03 bits per heavy atom. The maximum absolute atomic E-state index is 12.6. The van der Waals surface area contributed by atoms with Crippen LogP contribution in [0.1, 0.15) is 31.0 Å². The molecule has 2 rings (SSSR count). The van der Waals surface area contributed by atoms with E-state index in [9.17, 15) is 10.1 Å². The van der Waals surface area contributed by atoms with Crippen molar-refractivity contribution in [3.63, 3.8) is 0 Å². The van der Waals surface area contributed by atoms with E-state index < -0.39 is 5.91 Å². The van der Waals surface area contributed by atoms with Crippen LogP contribution in [0.4, 0.5) is 0 Å². The number of carbonyl (C=O) groups excluding carboxylic acids is 1. The van der Waals surface area contributed by atoms with Crippen molar-refractivity contribution < 1.29 is 14.3 Å². The second kappa shape index (κ2) is 10.8. The first-order valence-corrected chi connectivity index (χ1v) is 9.38. The molecule has 1 atom stereocenters. The van der Waals surface area contributed by atoms with Gasteiger partial charge in [-0.25, -0.2) is 0 Å². The fourth-order valence-electron chi connectivity index (χ4n) is 2.60. The molecule has 0 spiro atoms. The minimum atomic E-state index is -0.481. The van der Waals surface area contributed by atoms with E-state index in [0.29, 0.717) is 23.7 Å². The summed E-state index contributed by atoms with van der Waals surface area (Å²) in [6.07, 6.45) is 6.68. The fourth-order valence-corrected chi connectivity index (χ4v) is 2.88. The molecule has 0 bridgehead atoms. The van der Waals surface area contributed by atoms with E-state index in [2.05, 4.69) is 11.2 Å². The van der Waals surface area contributed by atoms with Gasteiger partial charge >= 0.3 is 0 Å². The lowest BCUT2D eigenvalue weighted by Crippen LogP contribution is -2.27. The predicted octanol–water partition coefficient (Wildman–Crippen LogP) is 4.54. The molecule has 0 radical (unpaired) electrons. The Morgan fingerprint density at radius 3 is 2.66 bits per heavy atom. The Labute approximate surface area is 175 Å². The summed E-state index contributed by atoms with van der Waals surface area (Å²) in [5.41, 5.74) is 1.42. The van der Waals surface area contributed by atoms with E-state index >= 15 is 0 Å². The van der Waals surface area contributed by atoms with Gasteiger partial charge < -0.3 is 14.8 Å². The minimum absolute atomic E-state index is 0.0399. The van der Waals surface area contributed by atoms with Crippen molar-refractivity contribution >= 4 is 23.6 Å². The number of amides is 1. The maximum Gasteiger partial charge on any atom is 0.262 e. The Morgan fingerprint density at radius 1 is 1.31 bits per heavy atom. The molecule has 1 N–H and O–H groups in total. The van der Waals surface area contributed by atoms with Crippen LogP contribution >= 0.6 is 11.6 Å². The van der Waals surface area contributed by atoms with Gasteiger partial charge in [-0.1, -0.05) is 47.9 Å². The highest BCUT2D eigenvalue weighted by Crippen LogP contribution is 2.37. The summed E-state index contributed by atoms with van der Waals surface area (Å²) in [6, 6.07) is 14.4. The SMILES string of the molecule is C#CCOc1c(Cl)cc(C=C(C#N)C(=O)NC(C)c2ccccc2)cc1OCC. The van der Waals surface area contributed by atoms with Gasteiger partial charge in [-0.05, 0) is 43.2 Å². The monoisotopic (exact) mass is 408 g/mol. The molecule has 0 fully saturated rings. The largest absolute Gasteiger partial charge is 0.490 e. The van der Waals surface area contributed by atoms with Gasteiger partial charge in [0, 0.05) is 0 Å². The molecule has 1 amide bonds. The molecule has 0 heterocycles. The lowest BCUT2D eigenvalue weighted by Gasteiger charge is -2.14. The molecular formula is C23H21ClN2O3. The van der Waals surface area contributed by atoms with Crippen molar-refractivity contribution in [2.75, 3.05) is 13.2 Å². The zero-order chi connectivity index (χ0) is 21.2. The zero-order valence-corrected chi connectivity index (χ0v) is 17.0. The first-order chi connectivity index (χ1) is 14.0. The van der Waals surface area contributed by atoms with Gasteiger partial charge in [-0.15, -0.1) is 6.42 Å². The first kappa shape index (κ1) is 21.9. The molecule has 0 saturated heterocycles. The van der Waals surface area contributed by atoms with Gasteiger partial charge in [0.1, 0.15) is 18.2 Å². The van der Waals surface area contributed by atoms with Crippen LogP contribution in [0.5, 0.6) is 11.5 Å². The fraction of sp³-hybridized carbons (Fsp3) is 0.217. The molecule has 2 aromatic rings. The van der Waals surface area contributed by atoms with Crippen molar-refractivity contribution in [2.24, 2.45) is 0 Å². The van der Waals surface area contributed by atoms with Crippen molar-refractivity contribution in [1.82, 2.24) is 5.32 Å². The summed E-state index contributed by atoms with van der Waals surface area (Å²) in [4.78, 5) is 12.6. The standard InChI is InChI=1S/C23H21ClN2O3/c1-4-11-29-22-20(24)13-17(14-21(22)28-5-2)12-19(15-25)23(27)26-16(3)18-9-7-6-8-10-18/h1,6-10,12-14,16H,5,11H2,2-3H3,(H,26,27). The van der Waals surface area contributed by atoms with Gasteiger partial charge in [-0.2, -0.15) is 5.26 Å². The lowest BCUT2D eigenvalue weighted by atomic mass is 10.1.